The summed E-state index contributed by atoms with van der Waals surface area (Å²) in [5.74, 6) is -0.0728. The lowest BCUT2D eigenvalue weighted by atomic mass is 10.1. The summed E-state index contributed by atoms with van der Waals surface area (Å²) in [7, 11) is 0. The van der Waals surface area contributed by atoms with Crippen LogP contribution in [-0.2, 0) is 9.53 Å². The maximum absolute atomic E-state index is 11.6. The predicted octanol–water partition coefficient (Wildman–Crippen LogP) is 2.64. The van der Waals surface area contributed by atoms with E-state index in [9.17, 15) is 4.79 Å². The summed E-state index contributed by atoms with van der Waals surface area (Å²) in [5, 5.41) is 14.5. The molecule has 0 aromatic heterocycles. The molecule has 19 heavy (non-hydrogen) atoms. The number of carbonyl (C=O) groups excluding carboxylic acids is 1. The molecule has 1 aromatic carbocycles. The number of nitrogens with one attached hydrogen (secondary N) is 1. The molecule has 0 saturated heterocycles. The third kappa shape index (κ3) is 5.52. The van der Waals surface area contributed by atoms with Gasteiger partial charge in [0.15, 0.2) is 0 Å². The third-order valence-corrected chi connectivity index (χ3v) is 2.56. The second-order valence-electron chi connectivity index (χ2n) is 4.17. The number of carbonyl (C=O) groups is 1. The van der Waals surface area contributed by atoms with Crippen molar-refractivity contribution in [3.05, 3.63) is 29.8 Å². The van der Waals surface area contributed by atoms with Crippen LogP contribution in [0.3, 0.4) is 0 Å². The predicted molar refractivity (Wildman–Crippen MR) is 74.8 cm³/mol. The number of anilines is 1. The lowest BCUT2D eigenvalue weighted by Crippen LogP contribution is -2.14. The third-order valence-electron chi connectivity index (χ3n) is 2.56. The van der Waals surface area contributed by atoms with Gasteiger partial charge in [-0.15, -0.1) is 0 Å². The van der Waals surface area contributed by atoms with Gasteiger partial charge >= 0.3 is 0 Å². The number of amides is 1. The Balaban J connectivity index is 2.42. The Hall–Kier alpha value is -1.88. The topological polar surface area (TPSA) is 70.9 Å². The van der Waals surface area contributed by atoms with Crippen LogP contribution in [0.15, 0.2) is 29.4 Å². The van der Waals surface area contributed by atoms with Crippen molar-refractivity contribution < 1.29 is 14.7 Å². The van der Waals surface area contributed by atoms with Gasteiger partial charge in [0.25, 0.3) is 0 Å². The Bertz CT molecular complexity index is 427. The number of nitrogens with zero attached hydrogens (tertiary/aromatic N) is 1. The average molecular weight is 264 g/mol. The van der Waals surface area contributed by atoms with E-state index < -0.39 is 0 Å². The molecule has 5 nitrogen and oxygen atoms in total. The first kappa shape index (κ1) is 15.2. The normalized spacial score (nSPS) is 11.4. The van der Waals surface area contributed by atoms with E-state index in [1.54, 1.807) is 31.2 Å². The van der Waals surface area contributed by atoms with Gasteiger partial charge in [0.05, 0.1) is 18.7 Å². The van der Waals surface area contributed by atoms with E-state index in [1.165, 1.54) is 0 Å². The van der Waals surface area contributed by atoms with Crippen molar-refractivity contribution in [3.63, 3.8) is 0 Å². The lowest BCUT2D eigenvalue weighted by Gasteiger charge is -2.06. The summed E-state index contributed by atoms with van der Waals surface area (Å²) in [5.41, 5.74) is 2.06. The quantitative estimate of drug-likeness (QED) is 0.344. The molecule has 0 saturated carbocycles. The number of oxime groups is 1. The molecule has 0 aliphatic heterocycles. The number of ether oxygens (including phenoxy) is 1. The zero-order valence-corrected chi connectivity index (χ0v) is 11.3. The minimum absolute atomic E-state index is 0.0728. The van der Waals surface area contributed by atoms with Crippen molar-refractivity contribution in [2.75, 3.05) is 18.5 Å². The molecular formula is C14H20N2O3. The lowest BCUT2D eigenvalue weighted by molar-refractivity contribution is -0.117. The van der Waals surface area contributed by atoms with Crippen molar-refractivity contribution >= 4 is 17.3 Å². The van der Waals surface area contributed by atoms with E-state index in [-0.39, 0.29) is 5.91 Å². The van der Waals surface area contributed by atoms with Crippen molar-refractivity contribution in [3.8, 4) is 0 Å². The fourth-order valence-electron chi connectivity index (χ4n) is 1.49. The van der Waals surface area contributed by atoms with Crippen molar-refractivity contribution in [2.45, 2.75) is 26.7 Å². The maximum atomic E-state index is 11.6. The molecule has 1 amide bonds. The molecule has 0 aliphatic carbocycles. The van der Waals surface area contributed by atoms with Gasteiger partial charge in [0.1, 0.15) is 0 Å². The highest BCUT2D eigenvalue weighted by molar-refractivity contribution is 5.99. The number of benzene rings is 1. The van der Waals surface area contributed by atoms with E-state index >= 15 is 0 Å². The molecule has 0 atom stereocenters. The molecule has 0 fully saturated rings. The summed E-state index contributed by atoms with van der Waals surface area (Å²) < 4.78 is 5.25. The molecule has 0 radical (unpaired) electrons. The number of hydrogen-bond acceptors (Lipinski definition) is 4. The van der Waals surface area contributed by atoms with Crippen LogP contribution >= 0.6 is 0 Å². The van der Waals surface area contributed by atoms with E-state index in [1.807, 2.05) is 6.92 Å². The van der Waals surface area contributed by atoms with Crippen LogP contribution in [0.4, 0.5) is 5.69 Å². The van der Waals surface area contributed by atoms with E-state index in [0.717, 1.165) is 17.7 Å². The summed E-state index contributed by atoms with van der Waals surface area (Å²) in [4.78, 5) is 11.6. The number of hydrogen-bond donors (Lipinski definition) is 2. The van der Waals surface area contributed by atoms with Gasteiger partial charge in [0.2, 0.25) is 5.91 Å². The average Bonchev–Trinajstić information content (AvgIpc) is 2.43. The Morgan fingerprint density at radius 1 is 1.32 bits per heavy atom. The van der Waals surface area contributed by atoms with Gasteiger partial charge in [-0.2, -0.15) is 0 Å². The molecule has 0 bridgehead atoms. The van der Waals surface area contributed by atoms with Crippen LogP contribution < -0.4 is 5.32 Å². The molecular weight excluding hydrogens is 244 g/mol. The highest BCUT2D eigenvalue weighted by Crippen LogP contribution is 2.10. The monoisotopic (exact) mass is 264 g/mol. The second-order valence-corrected chi connectivity index (χ2v) is 4.17. The smallest absolute Gasteiger partial charge is 0.226 e. The zero-order chi connectivity index (χ0) is 14.1. The first-order valence-electron chi connectivity index (χ1n) is 6.34. The molecule has 1 aromatic rings. The van der Waals surface area contributed by atoms with Gasteiger partial charge in [-0.05, 0) is 31.0 Å². The van der Waals surface area contributed by atoms with Gasteiger partial charge in [0, 0.05) is 12.3 Å². The maximum Gasteiger partial charge on any atom is 0.226 e. The van der Waals surface area contributed by atoms with Gasteiger partial charge in [-0.1, -0.05) is 24.2 Å². The molecule has 104 valence electrons. The molecule has 0 heterocycles. The van der Waals surface area contributed by atoms with Gasteiger partial charge in [-0.25, -0.2) is 0 Å². The van der Waals surface area contributed by atoms with Crippen LogP contribution in [0, 0.1) is 0 Å². The molecule has 5 heteroatoms. The molecule has 1 rings (SSSR count). The summed E-state index contributed by atoms with van der Waals surface area (Å²) in [6.45, 7) is 4.85. The molecule has 2 N–H and O–H groups in total. The fraction of sp³-hybridized carbons (Fsp3) is 0.429. The van der Waals surface area contributed by atoms with Crippen LogP contribution in [0.2, 0.25) is 0 Å². The van der Waals surface area contributed by atoms with E-state index in [0.29, 0.717) is 25.3 Å². The van der Waals surface area contributed by atoms with Crippen LogP contribution in [0.1, 0.15) is 32.3 Å². The minimum Gasteiger partial charge on any atom is -0.411 e. The second kappa shape index (κ2) is 8.26. The van der Waals surface area contributed by atoms with E-state index in [2.05, 4.69) is 10.5 Å². The van der Waals surface area contributed by atoms with Crippen LogP contribution in [0.25, 0.3) is 0 Å². The van der Waals surface area contributed by atoms with E-state index in [4.69, 9.17) is 9.94 Å². The molecule has 0 spiro atoms. The van der Waals surface area contributed by atoms with Crippen molar-refractivity contribution in [2.24, 2.45) is 5.16 Å². The fourth-order valence-corrected chi connectivity index (χ4v) is 1.49. The highest BCUT2D eigenvalue weighted by atomic mass is 16.5. The first-order chi connectivity index (χ1) is 9.17. The van der Waals surface area contributed by atoms with Crippen molar-refractivity contribution in [1.82, 2.24) is 0 Å². The van der Waals surface area contributed by atoms with Crippen LogP contribution in [-0.4, -0.2) is 30.0 Å². The standard InChI is InChI=1S/C14H20N2O3/c1-3-9-19-10-8-14(17)15-13-6-4-12(5-7-13)11(2)16-18/h4-7,18H,3,8-10H2,1-2H3,(H,15,17). The Morgan fingerprint density at radius 2 is 2.00 bits per heavy atom. The Morgan fingerprint density at radius 3 is 2.58 bits per heavy atom. The summed E-state index contributed by atoms with van der Waals surface area (Å²) in [6.07, 6.45) is 1.30. The first-order valence-corrected chi connectivity index (χ1v) is 6.34. The zero-order valence-electron chi connectivity index (χ0n) is 11.3. The summed E-state index contributed by atoms with van der Waals surface area (Å²) >= 11 is 0. The number of rotatable bonds is 7. The molecule has 0 aliphatic rings. The largest absolute Gasteiger partial charge is 0.411 e. The minimum atomic E-state index is -0.0728. The molecule has 0 unspecified atom stereocenters. The van der Waals surface area contributed by atoms with Crippen LogP contribution in [0.5, 0.6) is 0 Å². The van der Waals surface area contributed by atoms with Gasteiger partial charge < -0.3 is 15.3 Å². The van der Waals surface area contributed by atoms with Crippen molar-refractivity contribution in [1.29, 1.82) is 0 Å². The highest BCUT2D eigenvalue weighted by Gasteiger charge is 2.03. The Kier molecular flexibility index (Phi) is 6.60. The SMILES string of the molecule is CCCOCCC(=O)Nc1ccc(C(C)=NO)cc1. The Labute approximate surface area is 113 Å². The van der Waals surface area contributed by atoms with Gasteiger partial charge in [-0.3, -0.25) is 4.79 Å². The summed E-state index contributed by atoms with van der Waals surface area (Å²) in [6, 6.07) is 7.13.